The predicted octanol–water partition coefficient (Wildman–Crippen LogP) is 6.04. The van der Waals surface area contributed by atoms with Gasteiger partial charge in [0.25, 0.3) is 0 Å². The number of hydrogen-bond donors (Lipinski definition) is 1. The smallest absolute Gasteiger partial charge is 0.0431 e. The van der Waals surface area contributed by atoms with Crippen molar-refractivity contribution in [1.82, 2.24) is 0 Å². The molecule has 0 bridgehead atoms. The molecule has 1 heteroatoms. The molecule has 0 fully saturated rings. The largest absolute Gasteiger partial charge is 0.396 e. The molecule has 0 aromatic heterocycles. The molecule has 122 valence electrons. The Morgan fingerprint density at radius 1 is 1.00 bits per heavy atom. The van der Waals surface area contributed by atoms with Crippen LogP contribution in [0.4, 0.5) is 0 Å². The lowest BCUT2D eigenvalue weighted by atomic mass is 9.89. The number of aliphatic hydroxyl groups is 1. The van der Waals surface area contributed by atoms with Gasteiger partial charge in [0, 0.05) is 6.61 Å². The Hall–Kier alpha value is -0.560. The lowest BCUT2D eigenvalue weighted by Crippen LogP contribution is -2.05. The van der Waals surface area contributed by atoms with Crippen LogP contribution in [0.3, 0.4) is 0 Å². The van der Waals surface area contributed by atoms with Crippen LogP contribution in [0.15, 0.2) is 24.3 Å². The molecule has 0 aromatic rings. The van der Waals surface area contributed by atoms with Crippen molar-refractivity contribution in [2.24, 2.45) is 11.8 Å². The Labute approximate surface area is 132 Å². The number of unbranched alkanes of at least 4 members (excludes halogenated alkanes) is 8. The summed E-state index contributed by atoms with van der Waals surface area (Å²) in [4.78, 5) is 0. The summed E-state index contributed by atoms with van der Waals surface area (Å²) in [7, 11) is 0. The Balaban J connectivity index is 2.07. The fourth-order valence-corrected chi connectivity index (χ4v) is 3.25. The van der Waals surface area contributed by atoms with E-state index in [2.05, 4.69) is 31.2 Å². The van der Waals surface area contributed by atoms with Gasteiger partial charge in [-0.3, -0.25) is 0 Å². The molecule has 0 aromatic carbocycles. The average Bonchev–Trinajstić information content (AvgIpc) is 2.94. The van der Waals surface area contributed by atoms with Crippen LogP contribution < -0.4 is 0 Å². The lowest BCUT2D eigenvalue weighted by Gasteiger charge is -2.16. The molecule has 1 aliphatic carbocycles. The first kappa shape index (κ1) is 18.5. The molecule has 0 aliphatic heterocycles. The van der Waals surface area contributed by atoms with E-state index >= 15 is 0 Å². The van der Waals surface area contributed by atoms with Crippen LogP contribution in [-0.2, 0) is 0 Å². The maximum Gasteiger partial charge on any atom is 0.0431 e. The Morgan fingerprint density at radius 3 is 2.57 bits per heavy atom. The second-order valence-electron chi connectivity index (χ2n) is 6.56. The summed E-state index contributed by atoms with van der Waals surface area (Å²) in [6.07, 6.45) is 25.2. The summed E-state index contributed by atoms with van der Waals surface area (Å²) in [6, 6.07) is 0. The molecule has 21 heavy (non-hydrogen) atoms. The summed E-state index contributed by atoms with van der Waals surface area (Å²) in [5, 5.41) is 8.76. The highest BCUT2D eigenvalue weighted by atomic mass is 16.2. The van der Waals surface area contributed by atoms with Crippen molar-refractivity contribution in [3.63, 3.8) is 0 Å². The molecule has 1 aliphatic rings. The first-order valence-corrected chi connectivity index (χ1v) is 9.32. The summed E-state index contributed by atoms with van der Waals surface area (Å²) >= 11 is 0. The fraction of sp³-hybridized carbons (Fsp3) is 0.800. The molecule has 2 atom stereocenters. The van der Waals surface area contributed by atoms with Gasteiger partial charge in [0.15, 0.2) is 0 Å². The molecule has 0 heterocycles. The van der Waals surface area contributed by atoms with Gasteiger partial charge in [-0.25, -0.2) is 0 Å². The molecule has 0 radical (unpaired) electrons. The van der Waals surface area contributed by atoms with Gasteiger partial charge in [0.1, 0.15) is 0 Å². The normalized spacial score (nSPS) is 21.6. The van der Waals surface area contributed by atoms with E-state index < -0.39 is 0 Å². The quantitative estimate of drug-likeness (QED) is 0.324. The summed E-state index contributed by atoms with van der Waals surface area (Å²) < 4.78 is 0. The van der Waals surface area contributed by atoms with E-state index in [1.54, 1.807) is 0 Å². The maximum atomic E-state index is 8.76. The molecular formula is C20H36O. The second-order valence-corrected chi connectivity index (χ2v) is 6.56. The van der Waals surface area contributed by atoms with E-state index in [4.69, 9.17) is 5.11 Å². The lowest BCUT2D eigenvalue weighted by molar-refractivity contribution is 0.282. The van der Waals surface area contributed by atoms with Crippen molar-refractivity contribution in [3.05, 3.63) is 24.3 Å². The molecule has 0 unspecified atom stereocenters. The van der Waals surface area contributed by atoms with Gasteiger partial charge in [-0.2, -0.15) is 0 Å². The zero-order valence-corrected chi connectivity index (χ0v) is 14.1. The first-order valence-electron chi connectivity index (χ1n) is 9.32. The molecular weight excluding hydrogens is 256 g/mol. The van der Waals surface area contributed by atoms with Crippen LogP contribution in [0.2, 0.25) is 0 Å². The Kier molecular flexibility index (Phi) is 11.6. The van der Waals surface area contributed by atoms with Crippen LogP contribution in [0, 0.1) is 11.8 Å². The maximum absolute atomic E-state index is 8.76. The van der Waals surface area contributed by atoms with E-state index in [-0.39, 0.29) is 0 Å². The fourth-order valence-electron chi connectivity index (χ4n) is 3.25. The molecule has 1 rings (SSSR count). The minimum absolute atomic E-state index is 0.359. The predicted molar refractivity (Wildman–Crippen MR) is 93.4 cm³/mol. The molecule has 0 saturated heterocycles. The van der Waals surface area contributed by atoms with Crippen molar-refractivity contribution in [1.29, 1.82) is 0 Å². The minimum Gasteiger partial charge on any atom is -0.396 e. The molecule has 1 N–H and O–H groups in total. The van der Waals surface area contributed by atoms with Crippen LogP contribution in [0.25, 0.3) is 0 Å². The van der Waals surface area contributed by atoms with E-state index in [9.17, 15) is 0 Å². The summed E-state index contributed by atoms with van der Waals surface area (Å²) in [5.41, 5.74) is 0. The van der Waals surface area contributed by atoms with Crippen LogP contribution in [-0.4, -0.2) is 11.7 Å². The third kappa shape index (κ3) is 9.14. The van der Waals surface area contributed by atoms with Crippen molar-refractivity contribution in [2.75, 3.05) is 6.61 Å². The van der Waals surface area contributed by atoms with Crippen molar-refractivity contribution < 1.29 is 5.11 Å². The van der Waals surface area contributed by atoms with E-state index in [0.717, 1.165) is 12.3 Å². The van der Waals surface area contributed by atoms with Gasteiger partial charge < -0.3 is 5.11 Å². The average molecular weight is 293 g/mol. The monoisotopic (exact) mass is 292 g/mol. The zero-order valence-electron chi connectivity index (χ0n) is 14.1. The van der Waals surface area contributed by atoms with E-state index in [0.29, 0.717) is 12.5 Å². The van der Waals surface area contributed by atoms with Gasteiger partial charge in [0.05, 0.1) is 0 Å². The third-order valence-electron chi connectivity index (χ3n) is 4.66. The molecule has 0 saturated carbocycles. The number of rotatable bonds is 13. The molecule has 1 nitrogen and oxygen atoms in total. The molecule has 0 amide bonds. The highest BCUT2D eigenvalue weighted by molar-refractivity contribution is 5.09. The first-order chi connectivity index (χ1) is 10.4. The van der Waals surface area contributed by atoms with Crippen molar-refractivity contribution in [2.45, 2.75) is 84.0 Å². The topological polar surface area (TPSA) is 20.2 Å². The summed E-state index contributed by atoms with van der Waals surface area (Å²) in [6.45, 7) is 2.63. The summed E-state index contributed by atoms with van der Waals surface area (Å²) in [5.74, 6) is 1.56. The third-order valence-corrected chi connectivity index (χ3v) is 4.66. The van der Waals surface area contributed by atoms with Gasteiger partial charge in [0.2, 0.25) is 0 Å². The van der Waals surface area contributed by atoms with Gasteiger partial charge in [-0.1, -0.05) is 76.2 Å². The zero-order chi connectivity index (χ0) is 15.2. The van der Waals surface area contributed by atoms with Crippen LogP contribution in [0.5, 0.6) is 0 Å². The SMILES string of the molecule is CCCCCC/C=C/[C@H]1C=CC[C@@H]1CCCCCCCO. The van der Waals surface area contributed by atoms with Crippen LogP contribution >= 0.6 is 0 Å². The molecule has 0 spiro atoms. The Morgan fingerprint density at radius 2 is 1.76 bits per heavy atom. The highest BCUT2D eigenvalue weighted by Gasteiger charge is 2.19. The van der Waals surface area contributed by atoms with E-state index in [1.807, 2.05) is 0 Å². The number of allylic oxidation sites excluding steroid dienone is 4. The highest BCUT2D eigenvalue weighted by Crippen LogP contribution is 2.31. The van der Waals surface area contributed by atoms with Crippen molar-refractivity contribution in [3.8, 4) is 0 Å². The number of hydrogen-bond acceptors (Lipinski definition) is 1. The van der Waals surface area contributed by atoms with Gasteiger partial charge in [-0.15, -0.1) is 0 Å². The second kappa shape index (κ2) is 13.1. The van der Waals surface area contributed by atoms with Crippen LogP contribution in [0.1, 0.15) is 84.0 Å². The van der Waals surface area contributed by atoms with E-state index in [1.165, 1.54) is 70.6 Å². The Bertz CT molecular complexity index is 280. The standard InChI is InChI=1S/C20H36O/c1-2-3-4-5-7-10-14-19-16-13-17-20(19)15-11-8-6-9-12-18-21/h10,13-14,16,19-21H,2-9,11-12,15,17-18H2,1H3/b14-10+/t19-,20-/m0/s1. The van der Waals surface area contributed by atoms with Gasteiger partial charge in [-0.05, 0) is 43.9 Å². The minimum atomic E-state index is 0.359. The van der Waals surface area contributed by atoms with Gasteiger partial charge >= 0.3 is 0 Å². The van der Waals surface area contributed by atoms with Crippen molar-refractivity contribution >= 4 is 0 Å². The number of aliphatic hydroxyl groups excluding tert-OH is 1.